The van der Waals surface area contributed by atoms with E-state index < -0.39 is 5.97 Å². The first-order valence-electron chi connectivity index (χ1n) is 9.75. The molecule has 0 aliphatic heterocycles. The smallest absolute Gasteiger partial charge is 0.338 e. The third-order valence-electron chi connectivity index (χ3n) is 4.51. The Kier molecular flexibility index (Phi) is 8.40. The molecule has 33 heavy (non-hydrogen) atoms. The van der Waals surface area contributed by atoms with Crippen LogP contribution >= 0.6 is 23.2 Å². The predicted molar refractivity (Wildman–Crippen MR) is 126 cm³/mol. The van der Waals surface area contributed by atoms with Crippen molar-refractivity contribution in [1.29, 1.82) is 0 Å². The summed E-state index contributed by atoms with van der Waals surface area (Å²) in [6.07, 6.45) is 0. The Morgan fingerprint density at radius 1 is 0.879 bits per heavy atom. The van der Waals surface area contributed by atoms with Gasteiger partial charge in [-0.3, -0.25) is 4.79 Å². The lowest BCUT2D eigenvalue weighted by Gasteiger charge is -2.13. The van der Waals surface area contributed by atoms with Gasteiger partial charge in [0.1, 0.15) is 12.4 Å². The maximum absolute atomic E-state index is 12.4. The standard InChI is InChI=1S/C24H21Cl2NO6/c1-30-19-8-6-18(7-9-19)27-23(28)14-32-21-10-4-15(11-22(21)31-2)24(29)33-13-16-3-5-17(25)12-20(16)26/h3-12H,13-14H2,1-2H3,(H,27,28). The van der Waals surface area contributed by atoms with Crippen LogP contribution in [0.3, 0.4) is 0 Å². The number of esters is 1. The summed E-state index contributed by atoms with van der Waals surface area (Å²) in [4.78, 5) is 24.6. The van der Waals surface area contributed by atoms with Crippen LogP contribution in [0.2, 0.25) is 10.0 Å². The van der Waals surface area contributed by atoms with Crippen molar-refractivity contribution in [2.24, 2.45) is 0 Å². The molecule has 1 amide bonds. The Morgan fingerprint density at radius 2 is 1.64 bits per heavy atom. The van der Waals surface area contributed by atoms with E-state index in [9.17, 15) is 9.59 Å². The molecule has 3 aromatic carbocycles. The quantitative estimate of drug-likeness (QED) is 0.406. The topological polar surface area (TPSA) is 83.1 Å². The SMILES string of the molecule is COc1ccc(NC(=O)COc2ccc(C(=O)OCc3ccc(Cl)cc3Cl)cc2OC)cc1. The number of carbonyl (C=O) groups excluding carboxylic acids is 2. The van der Waals surface area contributed by atoms with Gasteiger partial charge in [0.25, 0.3) is 5.91 Å². The van der Waals surface area contributed by atoms with Crippen LogP contribution in [0, 0.1) is 0 Å². The molecule has 0 fully saturated rings. The normalized spacial score (nSPS) is 10.3. The molecule has 0 saturated carbocycles. The highest BCUT2D eigenvalue weighted by molar-refractivity contribution is 6.35. The number of hydrogen-bond donors (Lipinski definition) is 1. The van der Waals surface area contributed by atoms with E-state index in [1.807, 2.05) is 0 Å². The number of carbonyl (C=O) groups is 2. The molecule has 9 heteroatoms. The van der Waals surface area contributed by atoms with Crippen molar-refractivity contribution in [2.75, 3.05) is 26.1 Å². The first-order valence-corrected chi connectivity index (χ1v) is 10.5. The van der Waals surface area contributed by atoms with Gasteiger partial charge in [0, 0.05) is 21.3 Å². The number of benzene rings is 3. The molecule has 0 atom stereocenters. The van der Waals surface area contributed by atoms with Crippen molar-refractivity contribution < 1.29 is 28.5 Å². The number of amides is 1. The van der Waals surface area contributed by atoms with Crippen LogP contribution in [-0.2, 0) is 16.1 Å². The van der Waals surface area contributed by atoms with E-state index in [-0.39, 0.29) is 30.4 Å². The number of rotatable bonds is 9. The van der Waals surface area contributed by atoms with Gasteiger partial charge in [0.15, 0.2) is 18.1 Å². The van der Waals surface area contributed by atoms with Crippen molar-refractivity contribution in [3.05, 3.63) is 81.8 Å². The summed E-state index contributed by atoms with van der Waals surface area (Å²) < 4.78 is 21.3. The Balaban J connectivity index is 1.57. The fourth-order valence-corrected chi connectivity index (χ4v) is 3.26. The van der Waals surface area contributed by atoms with Crippen LogP contribution in [0.15, 0.2) is 60.7 Å². The lowest BCUT2D eigenvalue weighted by molar-refractivity contribution is -0.118. The predicted octanol–water partition coefficient (Wildman–Crippen LogP) is 5.39. The molecule has 0 bridgehead atoms. The molecule has 0 spiro atoms. The number of halogens is 2. The zero-order valence-electron chi connectivity index (χ0n) is 17.9. The zero-order valence-corrected chi connectivity index (χ0v) is 19.4. The largest absolute Gasteiger partial charge is 0.497 e. The van der Waals surface area contributed by atoms with Crippen molar-refractivity contribution >= 4 is 40.8 Å². The van der Waals surface area contributed by atoms with Gasteiger partial charge in [-0.1, -0.05) is 29.3 Å². The Labute approximate surface area is 201 Å². The van der Waals surface area contributed by atoms with E-state index in [1.54, 1.807) is 49.6 Å². The van der Waals surface area contributed by atoms with Gasteiger partial charge < -0.3 is 24.3 Å². The maximum Gasteiger partial charge on any atom is 0.338 e. The highest BCUT2D eigenvalue weighted by atomic mass is 35.5. The Morgan fingerprint density at radius 3 is 2.30 bits per heavy atom. The average Bonchev–Trinajstić information content (AvgIpc) is 2.82. The maximum atomic E-state index is 12.4. The molecule has 3 aromatic rings. The summed E-state index contributed by atoms with van der Waals surface area (Å²) >= 11 is 12.0. The van der Waals surface area contributed by atoms with Crippen LogP contribution in [-0.4, -0.2) is 32.7 Å². The van der Waals surface area contributed by atoms with E-state index in [4.69, 9.17) is 42.1 Å². The molecule has 0 heterocycles. The van der Waals surface area contributed by atoms with Crippen LogP contribution in [0.1, 0.15) is 15.9 Å². The van der Waals surface area contributed by atoms with Gasteiger partial charge in [-0.05, 0) is 54.6 Å². The fourth-order valence-electron chi connectivity index (χ4n) is 2.79. The molecular weight excluding hydrogens is 469 g/mol. The van der Waals surface area contributed by atoms with Crippen LogP contribution < -0.4 is 19.5 Å². The van der Waals surface area contributed by atoms with E-state index in [2.05, 4.69) is 5.32 Å². The second-order valence-electron chi connectivity index (χ2n) is 6.74. The third kappa shape index (κ3) is 6.78. The van der Waals surface area contributed by atoms with Crippen LogP contribution in [0.25, 0.3) is 0 Å². The van der Waals surface area contributed by atoms with Gasteiger partial charge in [-0.15, -0.1) is 0 Å². The van der Waals surface area contributed by atoms with Gasteiger partial charge in [0.2, 0.25) is 0 Å². The second-order valence-corrected chi connectivity index (χ2v) is 7.59. The molecule has 3 rings (SSSR count). The summed E-state index contributed by atoms with van der Waals surface area (Å²) in [5, 5.41) is 3.62. The van der Waals surface area contributed by atoms with E-state index >= 15 is 0 Å². The lowest BCUT2D eigenvalue weighted by atomic mass is 10.2. The van der Waals surface area contributed by atoms with Crippen molar-refractivity contribution in [2.45, 2.75) is 6.61 Å². The molecule has 0 aliphatic carbocycles. The molecule has 0 saturated heterocycles. The van der Waals surface area contributed by atoms with Crippen molar-refractivity contribution in [3.63, 3.8) is 0 Å². The summed E-state index contributed by atoms with van der Waals surface area (Å²) in [7, 11) is 3.00. The summed E-state index contributed by atoms with van der Waals surface area (Å²) in [6, 6.07) is 16.4. The van der Waals surface area contributed by atoms with Gasteiger partial charge in [0.05, 0.1) is 19.8 Å². The Hall–Kier alpha value is -3.42. The minimum Gasteiger partial charge on any atom is -0.497 e. The molecular formula is C24H21Cl2NO6. The summed E-state index contributed by atoms with van der Waals surface area (Å²) in [6.45, 7) is -0.262. The van der Waals surface area contributed by atoms with Crippen molar-refractivity contribution in [3.8, 4) is 17.2 Å². The minimum atomic E-state index is -0.567. The van der Waals surface area contributed by atoms with Gasteiger partial charge >= 0.3 is 5.97 Å². The van der Waals surface area contributed by atoms with Crippen LogP contribution in [0.5, 0.6) is 17.2 Å². The van der Waals surface area contributed by atoms with E-state index in [0.29, 0.717) is 32.8 Å². The van der Waals surface area contributed by atoms with Gasteiger partial charge in [-0.25, -0.2) is 4.79 Å². The molecule has 0 radical (unpaired) electrons. The molecule has 7 nitrogen and oxygen atoms in total. The highest BCUT2D eigenvalue weighted by Gasteiger charge is 2.14. The number of hydrogen-bond acceptors (Lipinski definition) is 6. The molecule has 172 valence electrons. The number of methoxy groups -OCH3 is 2. The summed E-state index contributed by atoms with van der Waals surface area (Å²) in [5.74, 6) is 0.350. The minimum absolute atomic E-state index is 0.0130. The summed E-state index contributed by atoms with van der Waals surface area (Å²) in [5.41, 5.74) is 1.49. The lowest BCUT2D eigenvalue weighted by Crippen LogP contribution is -2.20. The number of anilines is 1. The monoisotopic (exact) mass is 489 g/mol. The third-order valence-corrected chi connectivity index (χ3v) is 5.09. The highest BCUT2D eigenvalue weighted by Crippen LogP contribution is 2.29. The molecule has 1 N–H and O–H groups in total. The fraction of sp³-hybridized carbons (Fsp3) is 0.167. The first-order chi connectivity index (χ1) is 15.9. The first kappa shape index (κ1) is 24.2. The van der Waals surface area contributed by atoms with Crippen LogP contribution in [0.4, 0.5) is 5.69 Å². The number of ether oxygens (including phenoxy) is 4. The van der Waals surface area contributed by atoms with E-state index in [1.165, 1.54) is 25.3 Å². The average molecular weight is 490 g/mol. The molecule has 0 aromatic heterocycles. The van der Waals surface area contributed by atoms with Gasteiger partial charge in [-0.2, -0.15) is 0 Å². The van der Waals surface area contributed by atoms with Crippen molar-refractivity contribution in [1.82, 2.24) is 0 Å². The number of nitrogens with one attached hydrogen (secondary N) is 1. The molecule has 0 unspecified atom stereocenters. The Bertz CT molecular complexity index is 1130. The van der Waals surface area contributed by atoms with E-state index in [0.717, 1.165) is 0 Å². The molecule has 0 aliphatic rings. The zero-order chi connectivity index (χ0) is 23.8. The second kappa shape index (κ2) is 11.4.